The van der Waals surface area contributed by atoms with E-state index in [0.29, 0.717) is 6.54 Å². The van der Waals surface area contributed by atoms with Gasteiger partial charge in [-0.25, -0.2) is 5.48 Å². The van der Waals surface area contributed by atoms with Gasteiger partial charge in [0.25, 0.3) is 5.91 Å². The number of aliphatic carboxylic acids is 1. The van der Waals surface area contributed by atoms with Gasteiger partial charge in [-0.1, -0.05) is 56.4 Å². The Balaban J connectivity index is 1.75. The van der Waals surface area contributed by atoms with Gasteiger partial charge in [0.15, 0.2) is 0 Å². The highest BCUT2D eigenvalue weighted by atomic mass is 16.5. The number of carboxylic acid groups (broad SMARTS) is 1. The quantitative estimate of drug-likeness (QED) is 0.301. The number of hydroxylamine groups is 1. The van der Waals surface area contributed by atoms with E-state index in [0.717, 1.165) is 62.5 Å². The van der Waals surface area contributed by atoms with Crippen LogP contribution in [0.15, 0.2) is 30.3 Å². The predicted molar refractivity (Wildman–Crippen MR) is 111 cm³/mol. The number of amides is 1. The SMILES string of the molecule is O=C(C=Cc1ccc(CN[C@](C(=O)O)(C2CCCCC2)C2CCCC2)cc1)NO. The third-order valence-electron chi connectivity index (χ3n) is 6.70. The van der Waals surface area contributed by atoms with Crippen LogP contribution in [0, 0.1) is 11.8 Å². The number of carboxylic acids is 1. The minimum absolute atomic E-state index is 0.191. The highest BCUT2D eigenvalue weighted by Gasteiger charge is 2.51. The van der Waals surface area contributed by atoms with Crippen molar-refractivity contribution in [2.24, 2.45) is 11.8 Å². The first-order valence-corrected chi connectivity index (χ1v) is 10.8. The van der Waals surface area contributed by atoms with Crippen molar-refractivity contribution in [3.8, 4) is 0 Å². The van der Waals surface area contributed by atoms with Crippen molar-refractivity contribution < 1.29 is 19.9 Å². The molecule has 3 rings (SSSR count). The highest BCUT2D eigenvalue weighted by molar-refractivity contribution is 5.90. The van der Waals surface area contributed by atoms with Crippen LogP contribution in [0.2, 0.25) is 0 Å². The standard InChI is InChI=1S/C23H32N2O4/c26-21(25-29)15-14-17-10-12-18(13-11-17)16-24-23(22(27)28,20-8-4-5-9-20)19-6-2-1-3-7-19/h10-15,19-20,24,29H,1-9,16H2,(H,25,26)(H,27,28)/t23-/m1/s1. The average Bonchev–Trinajstić information content (AvgIpc) is 3.29. The average molecular weight is 401 g/mol. The maximum Gasteiger partial charge on any atom is 0.324 e. The molecule has 0 aromatic heterocycles. The molecule has 0 heterocycles. The molecule has 2 saturated carbocycles. The molecule has 1 atom stereocenters. The Kier molecular flexibility index (Phi) is 7.45. The van der Waals surface area contributed by atoms with Gasteiger partial charge in [0.2, 0.25) is 0 Å². The second kappa shape index (κ2) is 10.0. The summed E-state index contributed by atoms with van der Waals surface area (Å²) in [5, 5.41) is 22.4. The van der Waals surface area contributed by atoms with Crippen molar-refractivity contribution in [3.63, 3.8) is 0 Å². The van der Waals surface area contributed by atoms with Crippen LogP contribution in [0.3, 0.4) is 0 Å². The largest absolute Gasteiger partial charge is 0.480 e. The first-order valence-electron chi connectivity index (χ1n) is 10.8. The van der Waals surface area contributed by atoms with Crippen LogP contribution in [0.5, 0.6) is 0 Å². The molecule has 1 aromatic rings. The summed E-state index contributed by atoms with van der Waals surface area (Å²) in [7, 11) is 0. The van der Waals surface area contributed by atoms with E-state index in [2.05, 4.69) is 5.32 Å². The van der Waals surface area contributed by atoms with Crippen molar-refractivity contribution >= 4 is 18.0 Å². The molecule has 158 valence electrons. The summed E-state index contributed by atoms with van der Waals surface area (Å²) in [4.78, 5) is 23.7. The number of carbonyl (C=O) groups is 2. The third kappa shape index (κ3) is 5.06. The van der Waals surface area contributed by atoms with Gasteiger partial charge in [-0.15, -0.1) is 0 Å². The van der Waals surface area contributed by atoms with Crippen LogP contribution in [-0.4, -0.2) is 27.7 Å². The van der Waals surface area contributed by atoms with Crippen LogP contribution in [-0.2, 0) is 16.1 Å². The van der Waals surface area contributed by atoms with Crippen molar-refractivity contribution in [3.05, 3.63) is 41.5 Å². The zero-order valence-corrected chi connectivity index (χ0v) is 16.9. The first kappa shape index (κ1) is 21.5. The van der Waals surface area contributed by atoms with Gasteiger partial charge < -0.3 is 5.11 Å². The molecule has 1 aromatic carbocycles. The number of carbonyl (C=O) groups excluding carboxylic acids is 1. The number of benzene rings is 1. The van der Waals surface area contributed by atoms with Gasteiger partial charge in [-0.05, 0) is 54.7 Å². The lowest BCUT2D eigenvalue weighted by Crippen LogP contribution is -2.61. The topological polar surface area (TPSA) is 98.7 Å². The molecular formula is C23H32N2O4. The zero-order chi connectivity index (χ0) is 20.7. The molecular weight excluding hydrogens is 368 g/mol. The van der Waals surface area contributed by atoms with Crippen LogP contribution in [0.1, 0.15) is 68.9 Å². The molecule has 0 saturated heterocycles. The normalized spacial score (nSPS) is 20.6. The van der Waals surface area contributed by atoms with E-state index in [4.69, 9.17) is 5.21 Å². The second-order valence-electron chi connectivity index (χ2n) is 8.40. The summed E-state index contributed by atoms with van der Waals surface area (Å²) >= 11 is 0. The van der Waals surface area contributed by atoms with Crippen molar-refractivity contribution in [1.29, 1.82) is 0 Å². The Morgan fingerprint density at radius 3 is 2.03 bits per heavy atom. The molecule has 6 nitrogen and oxygen atoms in total. The number of rotatable bonds is 8. The van der Waals surface area contributed by atoms with Crippen molar-refractivity contribution in [2.75, 3.05) is 0 Å². The summed E-state index contributed by atoms with van der Waals surface area (Å²) in [6.45, 7) is 0.514. The Labute approximate surface area is 172 Å². The smallest absolute Gasteiger partial charge is 0.324 e. The van der Waals surface area contributed by atoms with E-state index in [1.165, 1.54) is 12.5 Å². The van der Waals surface area contributed by atoms with Gasteiger partial charge >= 0.3 is 5.97 Å². The van der Waals surface area contributed by atoms with E-state index in [-0.39, 0.29) is 11.8 Å². The molecule has 29 heavy (non-hydrogen) atoms. The van der Waals surface area contributed by atoms with E-state index in [1.54, 1.807) is 11.6 Å². The molecule has 4 N–H and O–H groups in total. The van der Waals surface area contributed by atoms with Gasteiger partial charge in [0.1, 0.15) is 5.54 Å². The van der Waals surface area contributed by atoms with Crippen LogP contribution >= 0.6 is 0 Å². The molecule has 1 amide bonds. The van der Waals surface area contributed by atoms with E-state index in [9.17, 15) is 14.7 Å². The monoisotopic (exact) mass is 400 g/mol. The van der Waals surface area contributed by atoms with Gasteiger partial charge in [0.05, 0.1) is 0 Å². The first-order chi connectivity index (χ1) is 14.1. The fraction of sp³-hybridized carbons (Fsp3) is 0.565. The third-order valence-corrected chi connectivity index (χ3v) is 6.70. The molecule has 0 radical (unpaired) electrons. The lowest BCUT2D eigenvalue weighted by atomic mass is 9.67. The second-order valence-corrected chi connectivity index (χ2v) is 8.40. The van der Waals surface area contributed by atoms with E-state index >= 15 is 0 Å². The predicted octanol–water partition coefficient (Wildman–Crippen LogP) is 3.89. The minimum Gasteiger partial charge on any atom is -0.480 e. The molecule has 0 bridgehead atoms. The minimum atomic E-state index is -0.839. The molecule has 2 aliphatic rings. The van der Waals surface area contributed by atoms with Crippen LogP contribution < -0.4 is 10.8 Å². The molecule has 0 aliphatic heterocycles. The number of nitrogens with one attached hydrogen (secondary N) is 2. The maximum absolute atomic E-state index is 12.6. The van der Waals surface area contributed by atoms with Crippen LogP contribution in [0.25, 0.3) is 6.08 Å². The van der Waals surface area contributed by atoms with Gasteiger partial charge in [-0.3, -0.25) is 20.1 Å². The molecule has 2 fully saturated rings. The zero-order valence-electron chi connectivity index (χ0n) is 16.9. The molecule has 2 aliphatic carbocycles. The fourth-order valence-corrected chi connectivity index (χ4v) is 5.19. The molecule has 6 heteroatoms. The summed E-state index contributed by atoms with van der Waals surface area (Å²) in [5.74, 6) is -0.879. The number of hydrogen-bond acceptors (Lipinski definition) is 4. The summed E-state index contributed by atoms with van der Waals surface area (Å²) in [5.41, 5.74) is 2.58. The molecule has 0 unspecified atom stereocenters. The lowest BCUT2D eigenvalue weighted by molar-refractivity contribution is -0.152. The van der Waals surface area contributed by atoms with Gasteiger partial charge in [-0.2, -0.15) is 0 Å². The van der Waals surface area contributed by atoms with Crippen LogP contribution in [0.4, 0.5) is 0 Å². The Hall–Kier alpha value is -2.18. The summed E-state index contributed by atoms with van der Waals surface area (Å²) in [6, 6.07) is 7.67. The van der Waals surface area contributed by atoms with Crippen molar-refractivity contribution in [1.82, 2.24) is 10.8 Å². The fourth-order valence-electron chi connectivity index (χ4n) is 5.19. The Morgan fingerprint density at radius 2 is 1.52 bits per heavy atom. The Bertz CT molecular complexity index is 719. The summed E-state index contributed by atoms with van der Waals surface area (Å²) < 4.78 is 0. The maximum atomic E-state index is 12.6. The highest BCUT2D eigenvalue weighted by Crippen LogP contribution is 2.44. The van der Waals surface area contributed by atoms with Crippen molar-refractivity contribution in [2.45, 2.75) is 69.9 Å². The van der Waals surface area contributed by atoms with Gasteiger partial charge in [0, 0.05) is 12.6 Å². The number of hydrogen-bond donors (Lipinski definition) is 4. The lowest BCUT2D eigenvalue weighted by Gasteiger charge is -2.44. The summed E-state index contributed by atoms with van der Waals surface area (Å²) in [6.07, 6.45) is 12.5. The molecule has 0 spiro atoms. The van der Waals surface area contributed by atoms with E-state index < -0.39 is 17.4 Å². The Morgan fingerprint density at radius 1 is 0.966 bits per heavy atom. The van der Waals surface area contributed by atoms with E-state index in [1.807, 2.05) is 24.3 Å².